The molecular weight excluding hydrogens is 342 g/mol. The Balaban J connectivity index is 1.62. The number of nitrogens with two attached hydrogens (primary N) is 1. The molecule has 6 nitrogen and oxygen atoms in total. The Morgan fingerprint density at radius 3 is 2.92 bits per heavy atom. The predicted molar refractivity (Wildman–Crippen MR) is 99.3 cm³/mol. The van der Waals surface area contributed by atoms with Crippen molar-refractivity contribution in [2.45, 2.75) is 6.42 Å². The summed E-state index contributed by atoms with van der Waals surface area (Å²) in [6.07, 6.45) is 0.685. The molecule has 0 saturated carbocycles. The summed E-state index contributed by atoms with van der Waals surface area (Å²) in [6, 6.07) is 11.3. The van der Waals surface area contributed by atoms with Crippen LogP contribution in [0.25, 0.3) is 0 Å². The Bertz CT molecular complexity index is 780. The molecule has 0 saturated heterocycles. The van der Waals surface area contributed by atoms with Gasteiger partial charge in [-0.15, -0.1) is 0 Å². The van der Waals surface area contributed by atoms with Crippen LogP contribution in [0.4, 0.5) is 5.69 Å². The first-order valence-electron chi connectivity index (χ1n) is 7.95. The van der Waals surface area contributed by atoms with Crippen molar-refractivity contribution in [3.63, 3.8) is 0 Å². The minimum atomic E-state index is 0.327. The average molecular weight is 362 g/mol. The van der Waals surface area contributed by atoms with E-state index >= 15 is 0 Å². The third-order valence-electron chi connectivity index (χ3n) is 3.71. The zero-order chi connectivity index (χ0) is 17.6. The molecule has 0 aromatic heterocycles. The molecule has 7 heteroatoms. The second-order valence-electron chi connectivity index (χ2n) is 5.44. The Labute approximate surface area is 151 Å². The topological polar surface area (TPSA) is 78.1 Å². The van der Waals surface area contributed by atoms with Gasteiger partial charge in [0.1, 0.15) is 19.0 Å². The fraction of sp³-hybridized carbons (Fsp3) is 0.278. The number of fused-ring (bicyclic) bond motifs is 1. The van der Waals surface area contributed by atoms with Crippen molar-refractivity contribution < 1.29 is 14.2 Å². The highest BCUT2D eigenvalue weighted by Crippen LogP contribution is 2.38. The molecule has 0 radical (unpaired) electrons. The molecule has 0 aliphatic carbocycles. The van der Waals surface area contributed by atoms with Gasteiger partial charge in [-0.2, -0.15) is 0 Å². The van der Waals surface area contributed by atoms with Crippen LogP contribution in [0.3, 0.4) is 0 Å². The standard InChI is InChI=1S/C18H20ClN3O3/c1-23-15-5-3-2-4-14(15)22-18(20)21-7-6-12-10-13(19)17-16(11-12)24-8-9-25-17/h2-5,10-11H,6-9H2,1H3,(H3,20,21,22). The largest absolute Gasteiger partial charge is 0.495 e. The van der Waals surface area contributed by atoms with E-state index in [0.29, 0.717) is 54.4 Å². The lowest BCUT2D eigenvalue weighted by molar-refractivity contribution is 0.171. The average Bonchev–Trinajstić information content (AvgIpc) is 2.62. The molecule has 1 aliphatic rings. The Kier molecular flexibility index (Phi) is 5.50. The lowest BCUT2D eigenvalue weighted by atomic mass is 10.1. The SMILES string of the molecule is COc1ccccc1NC(N)=NCCc1cc(Cl)c2c(c1)OCCO2. The summed E-state index contributed by atoms with van der Waals surface area (Å²) in [7, 11) is 1.61. The molecule has 0 fully saturated rings. The molecule has 0 atom stereocenters. The molecule has 132 valence electrons. The maximum Gasteiger partial charge on any atom is 0.193 e. The van der Waals surface area contributed by atoms with Crippen LogP contribution in [0.1, 0.15) is 5.56 Å². The van der Waals surface area contributed by atoms with E-state index in [1.54, 1.807) is 7.11 Å². The van der Waals surface area contributed by atoms with E-state index in [0.717, 1.165) is 11.3 Å². The van der Waals surface area contributed by atoms with E-state index in [9.17, 15) is 0 Å². The Morgan fingerprint density at radius 1 is 1.28 bits per heavy atom. The summed E-state index contributed by atoms with van der Waals surface area (Å²) in [5.74, 6) is 2.32. The number of rotatable bonds is 5. The number of guanidine groups is 1. The predicted octanol–water partition coefficient (Wildman–Crippen LogP) is 3.09. The number of aliphatic imine (C=N–C) groups is 1. The lowest BCUT2D eigenvalue weighted by Crippen LogP contribution is -2.23. The van der Waals surface area contributed by atoms with Gasteiger partial charge >= 0.3 is 0 Å². The number of para-hydroxylation sites is 2. The number of anilines is 1. The highest BCUT2D eigenvalue weighted by atomic mass is 35.5. The zero-order valence-electron chi connectivity index (χ0n) is 13.9. The molecule has 0 unspecified atom stereocenters. The van der Waals surface area contributed by atoms with Crippen LogP contribution >= 0.6 is 11.6 Å². The molecule has 2 aromatic rings. The minimum absolute atomic E-state index is 0.327. The van der Waals surface area contributed by atoms with Gasteiger partial charge in [0.05, 0.1) is 17.8 Å². The highest BCUT2D eigenvalue weighted by molar-refractivity contribution is 6.32. The minimum Gasteiger partial charge on any atom is -0.495 e. The van der Waals surface area contributed by atoms with E-state index in [2.05, 4.69) is 10.3 Å². The van der Waals surface area contributed by atoms with Crippen molar-refractivity contribution in [1.82, 2.24) is 0 Å². The summed E-state index contributed by atoms with van der Waals surface area (Å²) >= 11 is 6.24. The van der Waals surface area contributed by atoms with Crippen molar-refractivity contribution in [2.24, 2.45) is 10.7 Å². The van der Waals surface area contributed by atoms with Crippen molar-refractivity contribution in [1.29, 1.82) is 0 Å². The molecule has 0 bridgehead atoms. The third kappa shape index (κ3) is 4.28. The number of hydrogen-bond donors (Lipinski definition) is 2. The van der Waals surface area contributed by atoms with Crippen LogP contribution in [0, 0.1) is 0 Å². The molecule has 0 amide bonds. The number of nitrogens with one attached hydrogen (secondary N) is 1. The second kappa shape index (κ2) is 7.98. The van der Waals surface area contributed by atoms with Crippen molar-refractivity contribution in [3.05, 3.63) is 47.0 Å². The lowest BCUT2D eigenvalue weighted by Gasteiger charge is -2.20. The smallest absolute Gasteiger partial charge is 0.193 e. The first-order valence-corrected chi connectivity index (χ1v) is 8.33. The van der Waals surface area contributed by atoms with E-state index in [1.807, 2.05) is 36.4 Å². The summed E-state index contributed by atoms with van der Waals surface area (Å²) in [5, 5.41) is 3.59. The molecule has 2 aromatic carbocycles. The van der Waals surface area contributed by atoms with Crippen molar-refractivity contribution in [3.8, 4) is 17.2 Å². The fourth-order valence-corrected chi connectivity index (χ4v) is 2.83. The van der Waals surface area contributed by atoms with E-state index in [-0.39, 0.29) is 0 Å². The van der Waals surface area contributed by atoms with Crippen LogP contribution in [-0.4, -0.2) is 32.8 Å². The van der Waals surface area contributed by atoms with Gasteiger partial charge in [-0.05, 0) is 36.2 Å². The van der Waals surface area contributed by atoms with Crippen LogP contribution in [0.5, 0.6) is 17.2 Å². The molecule has 1 aliphatic heterocycles. The molecular formula is C18H20ClN3O3. The monoisotopic (exact) mass is 361 g/mol. The molecule has 3 rings (SSSR count). The van der Waals surface area contributed by atoms with Gasteiger partial charge in [0, 0.05) is 6.54 Å². The van der Waals surface area contributed by atoms with Crippen LogP contribution in [-0.2, 0) is 6.42 Å². The summed E-state index contributed by atoms with van der Waals surface area (Å²) < 4.78 is 16.4. The maximum absolute atomic E-state index is 6.24. The maximum atomic E-state index is 6.24. The zero-order valence-corrected chi connectivity index (χ0v) is 14.7. The van der Waals surface area contributed by atoms with Gasteiger partial charge in [0.2, 0.25) is 0 Å². The first kappa shape index (κ1) is 17.2. The van der Waals surface area contributed by atoms with Gasteiger partial charge in [0.25, 0.3) is 0 Å². The number of nitrogens with zero attached hydrogens (tertiary/aromatic N) is 1. The Hall–Kier alpha value is -2.60. The normalized spacial score (nSPS) is 13.4. The van der Waals surface area contributed by atoms with Gasteiger partial charge in [-0.1, -0.05) is 23.7 Å². The number of methoxy groups -OCH3 is 1. The van der Waals surface area contributed by atoms with Gasteiger partial charge in [-0.3, -0.25) is 4.99 Å². The van der Waals surface area contributed by atoms with Gasteiger partial charge in [0.15, 0.2) is 17.5 Å². The van der Waals surface area contributed by atoms with E-state index in [4.69, 9.17) is 31.5 Å². The van der Waals surface area contributed by atoms with Gasteiger partial charge < -0.3 is 25.3 Å². The third-order valence-corrected chi connectivity index (χ3v) is 3.99. The first-order chi connectivity index (χ1) is 12.2. The van der Waals surface area contributed by atoms with Crippen LogP contribution in [0.15, 0.2) is 41.4 Å². The number of benzene rings is 2. The van der Waals surface area contributed by atoms with Crippen molar-refractivity contribution in [2.75, 3.05) is 32.2 Å². The summed E-state index contributed by atoms with van der Waals surface area (Å²) in [4.78, 5) is 4.34. The molecule has 1 heterocycles. The second-order valence-corrected chi connectivity index (χ2v) is 5.85. The number of halogens is 1. The summed E-state index contributed by atoms with van der Waals surface area (Å²) in [5.41, 5.74) is 7.74. The van der Waals surface area contributed by atoms with Gasteiger partial charge in [-0.25, -0.2) is 0 Å². The number of ether oxygens (including phenoxy) is 3. The van der Waals surface area contributed by atoms with Crippen molar-refractivity contribution >= 4 is 23.2 Å². The quantitative estimate of drug-likeness (QED) is 0.632. The van der Waals surface area contributed by atoms with E-state index < -0.39 is 0 Å². The Morgan fingerprint density at radius 2 is 2.08 bits per heavy atom. The van der Waals surface area contributed by atoms with Crippen LogP contribution < -0.4 is 25.3 Å². The molecule has 0 spiro atoms. The highest BCUT2D eigenvalue weighted by Gasteiger charge is 2.16. The van der Waals surface area contributed by atoms with Crippen LogP contribution in [0.2, 0.25) is 5.02 Å². The van der Waals surface area contributed by atoms with E-state index in [1.165, 1.54) is 0 Å². The molecule has 3 N–H and O–H groups in total. The molecule has 25 heavy (non-hydrogen) atoms. The number of hydrogen-bond acceptors (Lipinski definition) is 4. The summed E-state index contributed by atoms with van der Waals surface area (Å²) in [6.45, 7) is 1.56. The fourth-order valence-electron chi connectivity index (χ4n) is 2.54.